The van der Waals surface area contributed by atoms with Gasteiger partial charge in [0.15, 0.2) is 0 Å². The smallest absolute Gasteiger partial charge is 0.301 e. The number of benzene rings is 1. The Morgan fingerprint density at radius 3 is 2.48 bits per heavy atom. The Kier molecular flexibility index (Phi) is 3.84. The van der Waals surface area contributed by atoms with E-state index in [4.69, 9.17) is 0 Å². The first-order chi connectivity index (χ1) is 9.88. The molecule has 2 rings (SSSR count). The lowest BCUT2D eigenvalue weighted by molar-refractivity contribution is -0.386. The monoisotopic (exact) mass is 287 g/mol. The third-order valence-corrected chi connectivity index (χ3v) is 2.98. The molecule has 0 spiro atoms. The van der Waals surface area contributed by atoms with E-state index >= 15 is 0 Å². The number of aromatic amines is 2. The predicted octanol–water partition coefficient (Wildman–Crippen LogP) is 1.76. The van der Waals surface area contributed by atoms with Crippen LogP contribution in [0.1, 0.15) is 22.4 Å². The van der Waals surface area contributed by atoms with Crippen LogP contribution in [0.25, 0.3) is 12.2 Å². The molecule has 0 saturated carbocycles. The van der Waals surface area contributed by atoms with Crippen molar-refractivity contribution in [2.45, 2.75) is 13.8 Å². The van der Waals surface area contributed by atoms with E-state index in [0.717, 1.165) is 16.7 Å². The molecule has 0 amide bonds. The largest absolute Gasteiger partial charge is 0.357 e. The van der Waals surface area contributed by atoms with Gasteiger partial charge in [-0.1, -0.05) is 29.8 Å². The lowest BCUT2D eigenvalue weighted by Gasteiger charge is -2.01. The Morgan fingerprint density at radius 1 is 1.14 bits per heavy atom. The summed E-state index contributed by atoms with van der Waals surface area (Å²) in [5.41, 5.74) is 0.302. The minimum absolute atomic E-state index is 0.131. The summed E-state index contributed by atoms with van der Waals surface area (Å²) in [7, 11) is 0. The summed E-state index contributed by atoms with van der Waals surface area (Å²) in [6, 6.07) is 5.73. The van der Waals surface area contributed by atoms with E-state index in [1.165, 1.54) is 6.08 Å². The fourth-order valence-corrected chi connectivity index (χ4v) is 1.98. The first-order valence-corrected chi connectivity index (χ1v) is 6.15. The zero-order valence-electron chi connectivity index (χ0n) is 11.5. The highest BCUT2D eigenvalue weighted by molar-refractivity contribution is 5.72. The molecule has 1 aromatic heterocycles. The van der Waals surface area contributed by atoms with Crippen LogP contribution in [-0.2, 0) is 0 Å². The summed E-state index contributed by atoms with van der Waals surface area (Å²) in [6.07, 6.45) is 2.97. The van der Waals surface area contributed by atoms with E-state index in [-0.39, 0.29) is 5.69 Å². The van der Waals surface area contributed by atoms with Crippen LogP contribution in [0.4, 0.5) is 5.69 Å². The van der Waals surface area contributed by atoms with Gasteiger partial charge in [0.1, 0.15) is 5.69 Å². The van der Waals surface area contributed by atoms with Crippen molar-refractivity contribution in [2.24, 2.45) is 0 Å². The van der Waals surface area contributed by atoms with Crippen molar-refractivity contribution in [3.63, 3.8) is 0 Å². The standard InChI is InChI=1S/C14H13N3O4/c1-8-3-4-10(9(2)7-8)5-6-11-12(17(20)21)13(18)16-14(19)15-11/h3-7H,1-2H3,(H2,15,16,18,19)/b6-5+. The third kappa shape index (κ3) is 3.14. The second kappa shape index (κ2) is 5.58. The quantitative estimate of drug-likeness (QED) is 0.662. The molecule has 0 saturated heterocycles. The molecule has 0 aliphatic heterocycles. The molecule has 2 N–H and O–H groups in total. The zero-order valence-corrected chi connectivity index (χ0v) is 11.5. The number of hydrogen-bond donors (Lipinski definition) is 2. The molecule has 1 aromatic carbocycles. The molecule has 7 nitrogen and oxygen atoms in total. The second-order valence-corrected chi connectivity index (χ2v) is 4.62. The van der Waals surface area contributed by atoms with Gasteiger partial charge in [-0.15, -0.1) is 0 Å². The molecule has 0 aliphatic rings. The number of aryl methyl sites for hydroxylation is 2. The van der Waals surface area contributed by atoms with Crippen LogP contribution in [0.15, 0.2) is 27.8 Å². The molecule has 0 bridgehead atoms. The predicted molar refractivity (Wildman–Crippen MR) is 79.2 cm³/mol. The van der Waals surface area contributed by atoms with E-state index in [9.17, 15) is 19.7 Å². The second-order valence-electron chi connectivity index (χ2n) is 4.62. The molecule has 0 aliphatic carbocycles. The highest BCUT2D eigenvalue weighted by Gasteiger charge is 2.18. The Labute approximate surface area is 119 Å². The van der Waals surface area contributed by atoms with Crippen molar-refractivity contribution < 1.29 is 4.92 Å². The first kappa shape index (κ1) is 14.4. The van der Waals surface area contributed by atoms with E-state index in [1.807, 2.05) is 37.0 Å². The van der Waals surface area contributed by atoms with Crippen molar-refractivity contribution in [3.8, 4) is 0 Å². The van der Waals surface area contributed by atoms with Gasteiger partial charge in [0.25, 0.3) is 0 Å². The molecule has 21 heavy (non-hydrogen) atoms. The van der Waals surface area contributed by atoms with Gasteiger partial charge in [-0.2, -0.15) is 0 Å². The van der Waals surface area contributed by atoms with Crippen molar-refractivity contribution in [1.29, 1.82) is 0 Å². The summed E-state index contributed by atoms with van der Waals surface area (Å²) in [4.78, 5) is 36.9. The maximum atomic E-state index is 11.5. The number of aromatic nitrogens is 2. The lowest BCUT2D eigenvalue weighted by atomic mass is 10.1. The van der Waals surface area contributed by atoms with Gasteiger partial charge in [-0.05, 0) is 31.1 Å². The van der Waals surface area contributed by atoms with E-state index in [0.29, 0.717) is 0 Å². The Hall–Kier alpha value is -2.96. The van der Waals surface area contributed by atoms with Crippen molar-refractivity contribution in [3.05, 3.63) is 71.5 Å². The van der Waals surface area contributed by atoms with Crippen molar-refractivity contribution >= 4 is 17.8 Å². The van der Waals surface area contributed by atoms with Crippen LogP contribution in [0.2, 0.25) is 0 Å². The number of nitro groups is 1. The highest BCUT2D eigenvalue weighted by atomic mass is 16.6. The minimum Gasteiger partial charge on any atom is -0.301 e. The fraction of sp³-hybridized carbons (Fsp3) is 0.143. The van der Waals surface area contributed by atoms with E-state index in [2.05, 4.69) is 4.98 Å². The summed E-state index contributed by atoms with van der Waals surface area (Å²) >= 11 is 0. The highest BCUT2D eigenvalue weighted by Crippen LogP contribution is 2.16. The number of rotatable bonds is 3. The topological polar surface area (TPSA) is 109 Å². The first-order valence-electron chi connectivity index (χ1n) is 6.15. The molecule has 2 aromatic rings. The molecule has 7 heteroatoms. The van der Waals surface area contributed by atoms with Gasteiger partial charge in [-0.25, -0.2) is 4.79 Å². The van der Waals surface area contributed by atoms with Crippen LogP contribution in [0.5, 0.6) is 0 Å². The fourth-order valence-electron chi connectivity index (χ4n) is 1.98. The van der Waals surface area contributed by atoms with Gasteiger partial charge in [0.2, 0.25) is 0 Å². The van der Waals surface area contributed by atoms with Crippen LogP contribution in [0.3, 0.4) is 0 Å². The van der Waals surface area contributed by atoms with Crippen LogP contribution in [0, 0.1) is 24.0 Å². The summed E-state index contributed by atoms with van der Waals surface area (Å²) < 4.78 is 0. The normalized spacial score (nSPS) is 11.0. The third-order valence-electron chi connectivity index (χ3n) is 2.98. The zero-order chi connectivity index (χ0) is 15.6. The minimum atomic E-state index is -1.02. The molecule has 0 fully saturated rings. The number of nitrogens with zero attached hydrogens (tertiary/aromatic N) is 1. The SMILES string of the molecule is Cc1ccc(/C=C/c2[nH]c(=O)[nH]c(=O)c2[N+](=O)[O-])c(C)c1. The van der Waals surface area contributed by atoms with Gasteiger partial charge in [0, 0.05) is 0 Å². The van der Waals surface area contributed by atoms with Crippen molar-refractivity contribution in [2.75, 3.05) is 0 Å². The molecule has 108 valence electrons. The van der Waals surface area contributed by atoms with Crippen LogP contribution in [-0.4, -0.2) is 14.9 Å². The molecular weight excluding hydrogens is 274 g/mol. The number of nitrogens with one attached hydrogen (secondary N) is 2. The summed E-state index contributed by atoms with van der Waals surface area (Å²) in [5, 5.41) is 10.9. The van der Waals surface area contributed by atoms with E-state index < -0.39 is 21.9 Å². The maximum Gasteiger partial charge on any atom is 0.357 e. The lowest BCUT2D eigenvalue weighted by Crippen LogP contribution is -2.25. The maximum absolute atomic E-state index is 11.5. The van der Waals surface area contributed by atoms with E-state index in [1.54, 1.807) is 6.08 Å². The average molecular weight is 287 g/mol. The summed E-state index contributed by atoms with van der Waals surface area (Å²) in [6.45, 7) is 3.86. The molecule has 0 atom stereocenters. The van der Waals surface area contributed by atoms with Gasteiger partial charge < -0.3 is 4.98 Å². The van der Waals surface area contributed by atoms with Gasteiger partial charge >= 0.3 is 16.9 Å². The number of H-pyrrole nitrogens is 2. The molecule has 0 radical (unpaired) electrons. The molecular formula is C14H13N3O4. The molecule has 0 unspecified atom stereocenters. The Bertz CT molecular complexity index is 846. The Balaban J connectivity index is 2.53. The van der Waals surface area contributed by atoms with Crippen molar-refractivity contribution in [1.82, 2.24) is 9.97 Å². The summed E-state index contributed by atoms with van der Waals surface area (Å²) in [5.74, 6) is 0. The van der Waals surface area contributed by atoms with Gasteiger partial charge in [-0.3, -0.25) is 19.9 Å². The number of hydrogen-bond acceptors (Lipinski definition) is 4. The average Bonchev–Trinajstić information content (AvgIpc) is 2.36. The Morgan fingerprint density at radius 2 is 1.86 bits per heavy atom. The molecule has 1 heterocycles. The van der Waals surface area contributed by atoms with Crippen LogP contribution >= 0.6 is 0 Å². The van der Waals surface area contributed by atoms with Gasteiger partial charge in [0.05, 0.1) is 4.92 Å². The van der Waals surface area contributed by atoms with Crippen LogP contribution < -0.4 is 11.2 Å².